The zero-order valence-electron chi connectivity index (χ0n) is 15.3. The number of allylic oxidation sites excluding steroid dienone is 6. The van der Waals surface area contributed by atoms with E-state index < -0.39 is 0 Å². The summed E-state index contributed by atoms with van der Waals surface area (Å²) >= 11 is 0. The molecule has 3 nitrogen and oxygen atoms in total. The van der Waals surface area contributed by atoms with Crippen molar-refractivity contribution in [1.29, 1.82) is 5.26 Å². The lowest BCUT2D eigenvalue weighted by Gasteiger charge is -2.30. The molecule has 0 aliphatic carbocycles. The minimum absolute atomic E-state index is 0.262. The largest absolute Gasteiger partial charge is 0.308 e. The van der Waals surface area contributed by atoms with Crippen LogP contribution in [0.2, 0.25) is 0 Å². The van der Waals surface area contributed by atoms with Crippen LogP contribution in [0, 0.1) is 17.1 Å². The van der Waals surface area contributed by atoms with Gasteiger partial charge in [0.25, 0.3) is 0 Å². The zero-order valence-corrected chi connectivity index (χ0v) is 15.3. The molecule has 1 aromatic heterocycles. The lowest BCUT2D eigenvalue weighted by Crippen LogP contribution is -2.31. The molecular weight excluding hydrogens is 337 g/mol. The highest BCUT2D eigenvalue weighted by Gasteiger charge is 2.24. The van der Waals surface area contributed by atoms with Crippen LogP contribution in [0.25, 0.3) is 16.8 Å². The number of aryl methyl sites for hydroxylation is 1. The van der Waals surface area contributed by atoms with Crippen LogP contribution in [0.1, 0.15) is 18.9 Å². The molecule has 0 radical (unpaired) electrons. The second-order valence-corrected chi connectivity index (χ2v) is 6.75. The van der Waals surface area contributed by atoms with Crippen LogP contribution in [-0.2, 0) is 7.05 Å². The molecule has 0 atom stereocenters. The first kappa shape index (κ1) is 17.0. The maximum atomic E-state index is 13.8. The molecule has 132 valence electrons. The highest BCUT2D eigenvalue weighted by Crippen LogP contribution is 2.35. The van der Waals surface area contributed by atoms with Gasteiger partial charge < -0.3 is 4.90 Å². The molecule has 2 aliphatic heterocycles. The van der Waals surface area contributed by atoms with Gasteiger partial charge in [-0.25, -0.2) is 8.96 Å². The minimum atomic E-state index is -0.262. The van der Waals surface area contributed by atoms with Gasteiger partial charge in [-0.15, -0.1) is 0 Å². The van der Waals surface area contributed by atoms with Gasteiger partial charge in [-0.2, -0.15) is 5.26 Å². The van der Waals surface area contributed by atoms with Crippen LogP contribution in [0.15, 0.2) is 84.0 Å². The highest BCUT2D eigenvalue weighted by atomic mass is 19.1. The third-order valence-corrected chi connectivity index (χ3v) is 4.95. The van der Waals surface area contributed by atoms with Crippen molar-refractivity contribution in [1.82, 2.24) is 4.90 Å². The fourth-order valence-electron chi connectivity index (χ4n) is 3.60. The Morgan fingerprint density at radius 1 is 1.19 bits per heavy atom. The van der Waals surface area contributed by atoms with Crippen LogP contribution in [-0.4, -0.2) is 4.90 Å². The van der Waals surface area contributed by atoms with Crippen molar-refractivity contribution in [3.05, 3.63) is 95.4 Å². The molecule has 0 bridgehead atoms. The van der Waals surface area contributed by atoms with Gasteiger partial charge in [0.2, 0.25) is 5.69 Å². The van der Waals surface area contributed by atoms with E-state index in [1.807, 2.05) is 53.2 Å². The number of aromatic nitrogens is 1. The molecule has 2 aromatic rings. The van der Waals surface area contributed by atoms with Crippen molar-refractivity contribution in [2.75, 3.05) is 0 Å². The van der Waals surface area contributed by atoms with Crippen LogP contribution < -0.4 is 4.57 Å². The van der Waals surface area contributed by atoms with E-state index in [2.05, 4.69) is 25.1 Å². The number of nitriles is 1. The Hall–Kier alpha value is -3.45. The smallest absolute Gasteiger partial charge is 0.220 e. The third kappa shape index (κ3) is 2.98. The van der Waals surface area contributed by atoms with E-state index in [9.17, 15) is 9.65 Å². The highest BCUT2D eigenvalue weighted by molar-refractivity contribution is 5.84. The van der Waals surface area contributed by atoms with E-state index in [4.69, 9.17) is 0 Å². The Balaban J connectivity index is 1.87. The van der Waals surface area contributed by atoms with Gasteiger partial charge in [0.15, 0.2) is 6.20 Å². The number of halogens is 1. The molecular formula is C23H19FN3+. The molecule has 3 heterocycles. The van der Waals surface area contributed by atoms with E-state index in [1.165, 1.54) is 11.6 Å². The lowest BCUT2D eigenvalue weighted by atomic mass is 9.95. The summed E-state index contributed by atoms with van der Waals surface area (Å²) in [6.07, 6.45) is 10.8. The van der Waals surface area contributed by atoms with Gasteiger partial charge in [-0.05, 0) is 55.3 Å². The second kappa shape index (κ2) is 6.69. The number of nitrogens with zero attached hydrogens (tertiary/aromatic N) is 3. The average molecular weight is 356 g/mol. The van der Waals surface area contributed by atoms with Gasteiger partial charge in [0.1, 0.15) is 24.6 Å². The summed E-state index contributed by atoms with van der Waals surface area (Å²) in [6.45, 7) is 2.08. The molecule has 0 amide bonds. The van der Waals surface area contributed by atoms with Crippen molar-refractivity contribution in [3.8, 4) is 17.3 Å². The Morgan fingerprint density at radius 3 is 2.81 bits per heavy atom. The van der Waals surface area contributed by atoms with Crippen LogP contribution in [0.3, 0.4) is 0 Å². The van der Waals surface area contributed by atoms with Crippen molar-refractivity contribution < 1.29 is 8.96 Å². The quantitative estimate of drug-likeness (QED) is 0.736. The van der Waals surface area contributed by atoms with E-state index in [-0.39, 0.29) is 5.82 Å². The normalized spacial score (nSPS) is 15.9. The Kier molecular flexibility index (Phi) is 4.21. The first-order valence-electron chi connectivity index (χ1n) is 8.82. The first-order chi connectivity index (χ1) is 13.1. The summed E-state index contributed by atoms with van der Waals surface area (Å²) in [5.74, 6) is -0.262. The van der Waals surface area contributed by atoms with Crippen LogP contribution in [0.5, 0.6) is 0 Å². The standard InChI is InChI=1S/C23H19FN3/c1-16-8-10-20(14-25)27-15-18(9-11-22(16)27)21-7-4-12-26(2)23(21)17-5-3-6-19(24)13-17/h3-7,9-13,15H,8H2,1-2H3/q+1. The maximum Gasteiger partial charge on any atom is 0.220 e. The topological polar surface area (TPSA) is 30.9 Å². The molecule has 1 aromatic carbocycles. The van der Waals surface area contributed by atoms with Gasteiger partial charge >= 0.3 is 0 Å². The van der Waals surface area contributed by atoms with Gasteiger partial charge in [-0.1, -0.05) is 12.1 Å². The Bertz CT molecular complexity index is 1100. The van der Waals surface area contributed by atoms with Crippen molar-refractivity contribution in [2.24, 2.45) is 7.05 Å². The van der Waals surface area contributed by atoms with E-state index in [0.29, 0.717) is 5.70 Å². The Labute approximate surface area is 158 Å². The average Bonchev–Trinajstić information content (AvgIpc) is 2.68. The van der Waals surface area contributed by atoms with Crippen molar-refractivity contribution >= 4 is 5.57 Å². The molecule has 0 saturated carbocycles. The molecule has 4 heteroatoms. The SMILES string of the molecule is CC1=C2C=CC(c3ccc[n+](C)c3-c3cccc(F)c3)=CN2C(C#N)=CC1. The number of pyridine rings is 1. The van der Waals surface area contributed by atoms with Crippen LogP contribution in [0.4, 0.5) is 4.39 Å². The molecule has 27 heavy (non-hydrogen) atoms. The number of fused-ring (bicyclic) bond motifs is 1. The maximum absolute atomic E-state index is 13.8. The predicted molar refractivity (Wildman–Crippen MR) is 103 cm³/mol. The molecule has 0 spiro atoms. The molecule has 4 rings (SSSR count). The number of hydrogen-bond donors (Lipinski definition) is 0. The van der Waals surface area contributed by atoms with Gasteiger partial charge in [-0.3, -0.25) is 0 Å². The summed E-state index contributed by atoms with van der Waals surface area (Å²) in [6, 6.07) is 12.9. The second-order valence-electron chi connectivity index (χ2n) is 6.75. The molecule has 0 saturated heterocycles. The summed E-state index contributed by atoms with van der Waals surface area (Å²) in [4.78, 5) is 1.94. The van der Waals surface area contributed by atoms with E-state index in [0.717, 1.165) is 34.5 Å². The monoisotopic (exact) mass is 356 g/mol. The fraction of sp³-hybridized carbons (Fsp3) is 0.130. The summed E-state index contributed by atoms with van der Waals surface area (Å²) in [7, 11) is 1.95. The van der Waals surface area contributed by atoms with Gasteiger partial charge in [0, 0.05) is 29.1 Å². The molecule has 2 aliphatic rings. The molecule has 0 unspecified atom stereocenters. The zero-order chi connectivity index (χ0) is 19.0. The van der Waals surface area contributed by atoms with Crippen molar-refractivity contribution in [3.63, 3.8) is 0 Å². The number of rotatable bonds is 2. The molecule has 0 fully saturated rings. The Morgan fingerprint density at radius 2 is 2.04 bits per heavy atom. The lowest BCUT2D eigenvalue weighted by molar-refractivity contribution is -0.660. The van der Waals surface area contributed by atoms with Crippen LogP contribution >= 0.6 is 0 Å². The van der Waals surface area contributed by atoms with Gasteiger partial charge in [0.05, 0.1) is 5.56 Å². The number of hydrogen-bond acceptors (Lipinski definition) is 2. The summed E-state index contributed by atoms with van der Waals surface area (Å²) < 4.78 is 15.8. The van der Waals surface area contributed by atoms with E-state index >= 15 is 0 Å². The third-order valence-electron chi connectivity index (χ3n) is 4.95. The molecule has 0 N–H and O–H groups in total. The predicted octanol–water partition coefficient (Wildman–Crippen LogP) is 4.62. The summed E-state index contributed by atoms with van der Waals surface area (Å²) in [5, 5.41) is 9.50. The van der Waals surface area contributed by atoms with E-state index in [1.54, 1.807) is 12.1 Å². The minimum Gasteiger partial charge on any atom is -0.308 e. The number of benzene rings is 1. The first-order valence-corrected chi connectivity index (χ1v) is 8.82. The fourth-order valence-corrected chi connectivity index (χ4v) is 3.60. The summed E-state index contributed by atoms with van der Waals surface area (Å²) in [5.41, 5.74) is 6.61. The van der Waals surface area contributed by atoms with Crippen molar-refractivity contribution in [2.45, 2.75) is 13.3 Å².